The summed E-state index contributed by atoms with van der Waals surface area (Å²) in [7, 11) is 0. The Morgan fingerprint density at radius 3 is 2.79 bits per heavy atom. The van der Waals surface area contributed by atoms with Crippen molar-refractivity contribution in [1.29, 1.82) is 0 Å². The number of unbranched alkanes of at least 4 members (excludes halogenated alkanes) is 1. The molecule has 1 aromatic carbocycles. The normalized spacial score (nSPS) is 12.7. The standard InChI is InChI=1S/C12H18O2/c1-2-3-6-11(13)8-10-5-4-7-12(14)9-10/h4-5,7,9,11,13-14H,2-3,6,8H2,1H3. The zero-order valence-corrected chi connectivity index (χ0v) is 8.61. The van der Waals surface area contributed by atoms with E-state index in [4.69, 9.17) is 0 Å². The monoisotopic (exact) mass is 194 g/mol. The van der Waals surface area contributed by atoms with Crippen LogP contribution in [0, 0.1) is 0 Å². The van der Waals surface area contributed by atoms with Gasteiger partial charge in [-0.25, -0.2) is 0 Å². The van der Waals surface area contributed by atoms with E-state index in [0.29, 0.717) is 6.42 Å². The minimum atomic E-state index is -0.281. The minimum Gasteiger partial charge on any atom is -0.508 e. The fourth-order valence-corrected chi connectivity index (χ4v) is 1.50. The SMILES string of the molecule is CCCCC(O)Cc1cccc(O)c1. The molecule has 2 N–H and O–H groups in total. The molecule has 1 unspecified atom stereocenters. The van der Waals surface area contributed by atoms with Gasteiger partial charge in [0.05, 0.1) is 6.10 Å². The smallest absolute Gasteiger partial charge is 0.115 e. The summed E-state index contributed by atoms with van der Waals surface area (Å²) in [5.74, 6) is 0.269. The highest BCUT2D eigenvalue weighted by atomic mass is 16.3. The number of benzene rings is 1. The van der Waals surface area contributed by atoms with Crippen LogP contribution in [0.1, 0.15) is 31.7 Å². The lowest BCUT2D eigenvalue weighted by Crippen LogP contribution is -2.09. The first-order valence-corrected chi connectivity index (χ1v) is 5.18. The van der Waals surface area contributed by atoms with Gasteiger partial charge in [0.25, 0.3) is 0 Å². The van der Waals surface area contributed by atoms with Gasteiger partial charge < -0.3 is 10.2 Å². The van der Waals surface area contributed by atoms with Gasteiger partial charge in [0.1, 0.15) is 5.75 Å². The molecule has 0 aliphatic carbocycles. The van der Waals surface area contributed by atoms with Gasteiger partial charge >= 0.3 is 0 Å². The van der Waals surface area contributed by atoms with E-state index in [-0.39, 0.29) is 11.9 Å². The lowest BCUT2D eigenvalue weighted by molar-refractivity contribution is 0.161. The number of aliphatic hydroxyl groups is 1. The van der Waals surface area contributed by atoms with Crippen molar-refractivity contribution < 1.29 is 10.2 Å². The van der Waals surface area contributed by atoms with E-state index in [1.165, 1.54) is 0 Å². The van der Waals surface area contributed by atoms with E-state index < -0.39 is 0 Å². The van der Waals surface area contributed by atoms with Crippen LogP contribution in [0.5, 0.6) is 5.75 Å². The molecule has 1 aromatic rings. The van der Waals surface area contributed by atoms with Crippen LogP contribution < -0.4 is 0 Å². The maximum Gasteiger partial charge on any atom is 0.115 e. The number of hydrogen-bond acceptors (Lipinski definition) is 2. The molecule has 14 heavy (non-hydrogen) atoms. The third-order valence-corrected chi connectivity index (χ3v) is 2.27. The quantitative estimate of drug-likeness (QED) is 0.756. The first-order valence-electron chi connectivity index (χ1n) is 5.18. The Morgan fingerprint density at radius 2 is 2.14 bits per heavy atom. The molecule has 0 radical (unpaired) electrons. The number of aliphatic hydroxyl groups excluding tert-OH is 1. The molecule has 0 spiro atoms. The molecule has 0 saturated carbocycles. The Balaban J connectivity index is 2.43. The number of rotatable bonds is 5. The van der Waals surface area contributed by atoms with Crippen molar-refractivity contribution in [3.63, 3.8) is 0 Å². The summed E-state index contributed by atoms with van der Waals surface area (Å²) in [6.07, 6.45) is 3.36. The van der Waals surface area contributed by atoms with Crippen molar-refractivity contribution in [3.8, 4) is 5.75 Å². The van der Waals surface area contributed by atoms with Gasteiger partial charge in [0, 0.05) is 0 Å². The predicted octanol–water partition coefficient (Wildman–Crippen LogP) is 2.49. The molecule has 2 heteroatoms. The predicted molar refractivity (Wildman–Crippen MR) is 57.3 cm³/mol. The minimum absolute atomic E-state index is 0.269. The summed E-state index contributed by atoms with van der Waals surface area (Å²) in [6, 6.07) is 7.07. The molecule has 1 rings (SSSR count). The Labute approximate surface area is 85.2 Å². The Hall–Kier alpha value is -1.02. The van der Waals surface area contributed by atoms with Crippen molar-refractivity contribution in [2.45, 2.75) is 38.7 Å². The van der Waals surface area contributed by atoms with Gasteiger partial charge in [0.2, 0.25) is 0 Å². The maximum absolute atomic E-state index is 9.64. The zero-order valence-electron chi connectivity index (χ0n) is 8.61. The highest BCUT2D eigenvalue weighted by Gasteiger charge is 2.04. The van der Waals surface area contributed by atoms with Crippen LogP contribution in [0.4, 0.5) is 0 Å². The highest BCUT2D eigenvalue weighted by molar-refractivity contribution is 5.27. The van der Waals surface area contributed by atoms with Crippen LogP contribution >= 0.6 is 0 Å². The third kappa shape index (κ3) is 3.79. The van der Waals surface area contributed by atoms with E-state index in [0.717, 1.165) is 24.8 Å². The lowest BCUT2D eigenvalue weighted by Gasteiger charge is -2.09. The molecular weight excluding hydrogens is 176 g/mol. The maximum atomic E-state index is 9.64. The van der Waals surface area contributed by atoms with Gasteiger partial charge in [-0.05, 0) is 30.5 Å². The number of hydrogen-bond donors (Lipinski definition) is 2. The molecule has 0 aliphatic rings. The average Bonchev–Trinajstić information content (AvgIpc) is 2.15. The van der Waals surface area contributed by atoms with Crippen molar-refractivity contribution in [2.24, 2.45) is 0 Å². The zero-order chi connectivity index (χ0) is 10.4. The summed E-state index contributed by atoms with van der Waals surface area (Å²) in [4.78, 5) is 0. The second kappa shape index (κ2) is 5.66. The summed E-state index contributed by atoms with van der Waals surface area (Å²) in [5, 5.41) is 18.9. The number of phenols is 1. The molecule has 2 nitrogen and oxygen atoms in total. The Morgan fingerprint density at radius 1 is 1.36 bits per heavy atom. The average molecular weight is 194 g/mol. The fourth-order valence-electron chi connectivity index (χ4n) is 1.50. The molecule has 0 bridgehead atoms. The van der Waals surface area contributed by atoms with E-state index in [9.17, 15) is 10.2 Å². The second-order valence-electron chi connectivity index (χ2n) is 3.67. The van der Waals surface area contributed by atoms with Crippen LogP contribution in [0.25, 0.3) is 0 Å². The highest BCUT2D eigenvalue weighted by Crippen LogP contribution is 2.14. The third-order valence-electron chi connectivity index (χ3n) is 2.27. The van der Waals surface area contributed by atoms with Crippen molar-refractivity contribution in [1.82, 2.24) is 0 Å². The molecule has 1 atom stereocenters. The number of aromatic hydroxyl groups is 1. The van der Waals surface area contributed by atoms with Crippen LogP contribution in [-0.4, -0.2) is 16.3 Å². The van der Waals surface area contributed by atoms with Gasteiger partial charge in [-0.2, -0.15) is 0 Å². The summed E-state index contributed by atoms with van der Waals surface area (Å²) < 4.78 is 0. The van der Waals surface area contributed by atoms with Crippen LogP contribution in [0.3, 0.4) is 0 Å². The second-order valence-corrected chi connectivity index (χ2v) is 3.67. The fraction of sp³-hybridized carbons (Fsp3) is 0.500. The summed E-state index contributed by atoms with van der Waals surface area (Å²) in [6.45, 7) is 2.11. The molecule has 0 saturated heterocycles. The summed E-state index contributed by atoms with van der Waals surface area (Å²) >= 11 is 0. The topological polar surface area (TPSA) is 40.5 Å². The molecule has 0 aliphatic heterocycles. The lowest BCUT2D eigenvalue weighted by atomic mass is 10.0. The molecule has 78 valence electrons. The first kappa shape index (κ1) is 11.1. The van der Waals surface area contributed by atoms with Crippen molar-refractivity contribution >= 4 is 0 Å². The molecule has 0 aromatic heterocycles. The molecular formula is C12H18O2. The van der Waals surface area contributed by atoms with Crippen molar-refractivity contribution in [3.05, 3.63) is 29.8 Å². The Kier molecular flexibility index (Phi) is 4.47. The van der Waals surface area contributed by atoms with E-state index in [2.05, 4.69) is 6.92 Å². The van der Waals surface area contributed by atoms with Gasteiger partial charge in [-0.15, -0.1) is 0 Å². The van der Waals surface area contributed by atoms with E-state index >= 15 is 0 Å². The van der Waals surface area contributed by atoms with E-state index in [1.54, 1.807) is 18.2 Å². The first-order chi connectivity index (χ1) is 6.72. The Bertz CT molecular complexity index is 271. The summed E-state index contributed by atoms with van der Waals surface area (Å²) in [5.41, 5.74) is 0.994. The van der Waals surface area contributed by atoms with Crippen LogP contribution in [0.15, 0.2) is 24.3 Å². The van der Waals surface area contributed by atoms with Crippen LogP contribution in [0.2, 0.25) is 0 Å². The van der Waals surface area contributed by atoms with E-state index in [1.807, 2.05) is 6.07 Å². The molecule has 0 heterocycles. The van der Waals surface area contributed by atoms with Crippen molar-refractivity contribution in [2.75, 3.05) is 0 Å². The number of phenolic OH excluding ortho intramolecular Hbond substituents is 1. The van der Waals surface area contributed by atoms with Gasteiger partial charge in [0.15, 0.2) is 0 Å². The van der Waals surface area contributed by atoms with Crippen LogP contribution in [-0.2, 0) is 6.42 Å². The molecule has 0 fully saturated rings. The largest absolute Gasteiger partial charge is 0.508 e. The molecule has 0 amide bonds. The van der Waals surface area contributed by atoms with Gasteiger partial charge in [-0.3, -0.25) is 0 Å². The van der Waals surface area contributed by atoms with Gasteiger partial charge in [-0.1, -0.05) is 31.9 Å².